The van der Waals surface area contributed by atoms with Crippen LogP contribution in [0.15, 0.2) is 35.9 Å². The summed E-state index contributed by atoms with van der Waals surface area (Å²) in [5, 5.41) is 3.31. The number of halogens is 2. The molecule has 2 saturated heterocycles. The van der Waals surface area contributed by atoms with Crippen LogP contribution in [-0.4, -0.2) is 101 Å². The fraction of sp³-hybridized carbons (Fsp3) is 0.529. The van der Waals surface area contributed by atoms with Crippen molar-refractivity contribution in [3.8, 4) is 0 Å². The topological polar surface area (TPSA) is 62.4 Å². The summed E-state index contributed by atoms with van der Waals surface area (Å²) in [6, 6.07) is 7.19. The van der Waals surface area contributed by atoms with Crippen molar-refractivity contribution in [3.63, 3.8) is 0 Å². The van der Waals surface area contributed by atoms with E-state index in [1.807, 2.05) is 23.1 Å². The van der Waals surface area contributed by atoms with Crippen molar-refractivity contribution in [2.45, 2.75) is 37.8 Å². The number of hydrogen-bond acceptors (Lipinski definition) is 8. The Hall–Kier alpha value is -3.50. The van der Waals surface area contributed by atoms with Gasteiger partial charge in [0.05, 0.1) is 28.7 Å². The zero-order valence-electron chi connectivity index (χ0n) is 25.3. The van der Waals surface area contributed by atoms with E-state index in [4.69, 9.17) is 0 Å². The van der Waals surface area contributed by atoms with E-state index in [-0.39, 0.29) is 23.2 Å². The minimum atomic E-state index is -0.566. The standard InChI is InChI=1S/C34H40F2N6O2/c1-38-10-12-40(13-11-38)32-18-30-26(16-28(32)36)34(44)22(20-42(30)24-4-5-24)14-21-19-41(23-2-3-23)29-17-31(39-8-6-37-7-9-39)27(35)15-25(29)33(21)43/h14-18,22-24,37H,2-13,19-20H2,1H3/b21-14+. The molecule has 8 rings (SSSR count). The van der Waals surface area contributed by atoms with Crippen molar-refractivity contribution in [3.05, 3.63) is 58.7 Å². The van der Waals surface area contributed by atoms with Crippen LogP contribution in [0.4, 0.5) is 31.5 Å². The number of anilines is 4. The molecule has 0 bridgehead atoms. The van der Waals surface area contributed by atoms with Crippen LogP contribution < -0.4 is 24.9 Å². The van der Waals surface area contributed by atoms with Gasteiger partial charge in [-0.1, -0.05) is 6.08 Å². The first-order chi connectivity index (χ1) is 21.4. The zero-order chi connectivity index (χ0) is 30.1. The number of carbonyl (C=O) groups is 2. The molecule has 1 atom stereocenters. The molecule has 0 aromatic heterocycles. The molecular weight excluding hydrogens is 562 g/mol. The van der Waals surface area contributed by atoms with Gasteiger partial charge in [0, 0.05) is 94.2 Å². The Bertz CT molecular complexity index is 1540. The molecule has 8 nitrogen and oxygen atoms in total. The first kappa shape index (κ1) is 28.0. The Morgan fingerprint density at radius 1 is 0.727 bits per heavy atom. The van der Waals surface area contributed by atoms with Crippen LogP contribution in [0, 0.1) is 17.6 Å². The van der Waals surface area contributed by atoms with Crippen molar-refractivity contribution in [1.29, 1.82) is 0 Å². The molecule has 232 valence electrons. The molecule has 1 N–H and O–H groups in total. The number of benzene rings is 2. The molecular formula is C34H40F2N6O2. The number of Topliss-reactive ketones (excluding diaryl/α,β-unsaturated/α-hetero) is 2. The minimum absolute atomic E-state index is 0.148. The maximum absolute atomic E-state index is 15.6. The first-order valence-electron chi connectivity index (χ1n) is 16.2. The number of rotatable bonds is 5. The molecule has 2 aromatic rings. The summed E-state index contributed by atoms with van der Waals surface area (Å²) in [5.74, 6) is -1.68. The van der Waals surface area contributed by atoms with Crippen LogP contribution in [0.25, 0.3) is 0 Å². The molecule has 2 saturated carbocycles. The van der Waals surface area contributed by atoms with E-state index < -0.39 is 5.92 Å². The number of fused-ring (bicyclic) bond motifs is 2. The summed E-state index contributed by atoms with van der Waals surface area (Å²) >= 11 is 0. The molecule has 4 aliphatic heterocycles. The highest BCUT2D eigenvalue weighted by atomic mass is 19.1. The third-order valence-electron chi connectivity index (χ3n) is 10.3. The van der Waals surface area contributed by atoms with Gasteiger partial charge in [-0.25, -0.2) is 8.78 Å². The Morgan fingerprint density at radius 3 is 1.93 bits per heavy atom. The Labute approximate surface area is 257 Å². The van der Waals surface area contributed by atoms with Crippen molar-refractivity contribution in [1.82, 2.24) is 10.2 Å². The molecule has 6 aliphatic rings. The second-order valence-electron chi connectivity index (χ2n) is 13.4. The van der Waals surface area contributed by atoms with Crippen LogP contribution in [0.2, 0.25) is 0 Å². The quantitative estimate of drug-likeness (QED) is 0.521. The number of nitrogens with one attached hydrogen (secondary N) is 1. The molecule has 10 heteroatoms. The lowest BCUT2D eigenvalue weighted by molar-refractivity contribution is 0.0940. The van der Waals surface area contributed by atoms with Crippen molar-refractivity contribution < 1.29 is 18.4 Å². The van der Waals surface area contributed by atoms with E-state index in [1.165, 1.54) is 12.1 Å². The van der Waals surface area contributed by atoms with Crippen molar-refractivity contribution >= 4 is 34.3 Å². The molecule has 0 radical (unpaired) electrons. The molecule has 4 fully saturated rings. The monoisotopic (exact) mass is 602 g/mol. The predicted molar refractivity (Wildman–Crippen MR) is 169 cm³/mol. The van der Waals surface area contributed by atoms with Crippen molar-refractivity contribution in [2.24, 2.45) is 5.92 Å². The number of hydrogen-bond donors (Lipinski definition) is 1. The summed E-state index contributed by atoms with van der Waals surface area (Å²) in [6.07, 6.45) is 5.95. The summed E-state index contributed by atoms with van der Waals surface area (Å²) in [5.41, 5.74) is 4.02. The van der Waals surface area contributed by atoms with Gasteiger partial charge in [0.2, 0.25) is 0 Å². The fourth-order valence-electron chi connectivity index (χ4n) is 7.44. The molecule has 2 aromatic carbocycles. The maximum atomic E-state index is 15.6. The third-order valence-corrected chi connectivity index (χ3v) is 10.3. The third kappa shape index (κ3) is 4.96. The molecule has 44 heavy (non-hydrogen) atoms. The molecule has 0 amide bonds. The number of carbonyl (C=O) groups excluding carboxylic acids is 2. The lowest BCUT2D eigenvalue weighted by atomic mass is 9.86. The van der Waals surface area contributed by atoms with Gasteiger partial charge in [-0.3, -0.25) is 9.59 Å². The Balaban J connectivity index is 1.12. The Morgan fingerprint density at radius 2 is 1.30 bits per heavy atom. The largest absolute Gasteiger partial charge is 0.367 e. The van der Waals surface area contributed by atoms with Crippen LogP contribution in [-0.2, 0) is 0 Å². The SMILES string of the molecule is CN1CCN(c2cc3c(cc2F)C(=O)C(/C=C2\CN(C4CC4)c4cc(N5CCNCC5)c(F)cc4C2=O)CN3C2CC2)CC1. The second kappa shape index (κ2) is 10.8. The molecule has 2 aliphatic carbocycles. The molecule has 4 heterocycles. The van der Waals surface area contributed by atoms with E-state index in [2.05, 4.69) is 32.0 Å². The average Bonchev–Trinajstić information content (AvgIpc) is 3.95. The van der Waals surface area contributed by atoms with Crippen molar-refractivity contribution in [2.75, 3.05) is 92.1 Å². The average molecular weight is 603 g/mol. The van der Waals surface area contributed by atoms with E-state index >= 15 is 8.78 Å². The van der Waals surface area contributed by atoms with Crippen LogP contribution >= 0.6 is 0 Å². The van der Waals surface area contributed by atoms with Crippen LogP contribution in [0.5, 0.6) is 0 Å². The highest BCUT2D eigenvalue weighted by Crippen LogP contribution is 2.44. The lowest BCUT2D eigenvalue weighted by Crippen LogP contribution is -2.45. The van der Waals surface area contributed by atoms with Crippen LogP contribution in [0.1, 0.15) is 46.4 Å². The maximum Gasteiger partial charge on any atom is 0.192 e. The Kier molecular flexibility index (Phi) is 6.90. The fourth-order valence-corrected chi connectivity index (χ4v) is 7.44. The lowest BCUT2D eigenvalue weighted by Gasteiger charge is -2.38. The minimum Gasteiger partial charge on any atom is -0.367 e. The first-order valence-corrected chi connectivity index (χ1v) is 16.2. The summed E-state index contributed by atoms with van der Waals surface area (Å²) in [6.45, 7) is 7.14. The van der Waals surface area contributed by atoms with Gasteiger partial charge in [-0.2, -0.15) is 0 Å². The number of likely N-dealkylation sites (N-methyl/N-ethyl adjacent to an activating group) is 1. The van der Waals surface area contributed by atoms with E-state index in [1.54, 1.807) is 0 Å². The normalized spacial score (nSPS) is 25.5. The van der Waals surface area contributed by atoms with E-state index in [0.717, 1.165) is 89.4 Å². The van der Waals surface area contributed by atoms with Gasteiger partial charge in [0.1, 0.15) is 11.6 Å². The smallest absolute Gasteiger partial charge is 0.192 e. The van der Waals surface area contributed by atoms with Gasteiger partial charge < -0.3 is 29.8 Å². The van der Waals surface area contributed by atoms with Gasteiger partial charge in [0.15, 0.2) is 11.6 Å². The molecule has 1 unspecified atom stereocenters. The summed E-state index contributed by atoms with van der Waals surface area (Å²) < 4.78 is 31.1. The number of piperazine rings is 2. The van der Waals surface area contributed by atoms with Gasteiger partial charge in [-0.15, -0.1) is 0 Å². The van der Waals surface area contributed by atoms with E-state index in [9.17, 15) is 9.59 Å². The number of nitrogens with zero attached hydrogens (tertiary/aromatic N) is 5. The van der Waals surface area contributed by atoms with Crippen LogP contribution in [0.3, 0.4) is 0 Å². The number of ketones is 2. The summed E-state index contributed by atoms with van der Waals surface area (Å²) in [4.78, 5) is 38.7. The van der Waals surface area contributed by atoms with Gasteiger partial charge in [-0.05, 0) is 57.0 Å². The molecule has 0 spiro atoms. The highest BCUT2D eigenvalue weighted by Gasteiger charge is 2.42. The summed E-state index contributed by atoms with van der Waals surface area (Å²) in [7, 11) is 2.07. The zero-order valence-corrected chi connectivity index (χ0v) is 25.3. The van der Waals surface area contributed by atoms with Gasteiger partial charge >= 0.3 is 0 Å². The predicted octanol–water partition coefficient (Wildman–Crippen LogP) is 3.70. The highest BCUT2D eigenvalue weighted by molar-refractivity contribution is 6.16. The van der Waals surface area contributed by atoms with E-state index in [0.29, 0.717) is 53.2 Å². The van der Waals surface area contributed by atoms with Gasteiger partial charge in [0.25, 0.3) is 0 Å². The second-order valence-corrected chi connectivity index (χ2v) is 13.4.